The molecule has 4 rings (SSSR count). The Morgan fingerprint density at radius 1 is 0.909 bits per heavy atom. The van der Waals surface area contributed by atoms with Crippen molar-refractivity contribution in [1.29, 1.82) is 0 Å². The van der Waals surface area contributed by atoms with Crippen molar-refractivity contribution in [3.63, 3.8) is 0 Å². The molecule has 1 aromatic heterocycles. The highest BCUT2D eigenvalue weighted by molar-refractivity contribution is 7.15. The summed E-state index contributed by atoms with van der Waals surface area (Å²) >= 11 is 1.26. The molecule has 168 valence electrons. The van der Waals surface area contributed by atoms with Gasteiger partial charge in [0.05, 0.1) is 5.56 Å². The third-order valence-corrected chi connectivity index (χ3v) is 6.14. The van der Waals surface area contributed by atoms with Gasteiger partial charge in [0.15, 0.2) is 5.13 Å². The second-order valence-corrected chi connectivity index (χ2v) is 8.75. The number of carbonyl (C=O) groups is 1. The summed E-state index contributed by atoms with van der Waals surface area (Å²) in [6.07, 6.45) is -2.23. The molecule has 1 amide bonds. The van der Waals surface area contributed by atoms with Crippen molar-refractivity contribution in [1.82, 2.24) is 4.98 Å². The molecule has 0 saturated heterocycles. The zero-order valence-electron chi connectivity index (χ0n) is 17.5. The number of aromatic nitrogens is 1. The zero-order chi connectivity index (χ0) is 23.3. The first-order chi connectivity index (χ1) is 15.9. The van der Waals surface area contributed by atoms with Crippen molar-refractivity contribution < 1.29 is 18.0 Å². The topological polar surface area (TPSA) is 42.0 Å². The van der Waals surface area contributed by atoms with Crippen LogP contribution >= 0.6 is 11.3 Å². The minimum atomic E-state index is -4.38. The average Bonchev–Trinajstić information content (AvgIpc) is 3.24. The lowest BCUT2D eigenvalue weighted by Crippen LogP contribution is -2.16. The van der Waals surface area contributed by atoms with Crippen LogP contribution in [-0.2, 0) is 17.4 Å². The molecule has 1 heterocycles. The quantitative estimate of drug-likeness (QED) is 0.321. The van der Waals surface area contributed by atoms with E-state index in [4.69, 9.17) is 0 Å². The molecule has 1 N–H and O–H groups in total. The number of halogens is 3. The monoisotopic (exact) mass is 466 g/mol. The molecule has 0 radical (unpaired) electrons. The van der Waals surface area contributed by atoms with Crippen molar-refractivity contribution in [2.75, 3.05) is 5.32 Å². The molecule has 0 aliphatic carbocycles. The summed E-state index contributed by atoms with van der Waals surface area (Å²) in [5.41, 5.74) is 1.96. The molecule has 4 aromatic rings. The normalized spacial score (nSPS) is 11.5. The van der Waals surface area contributed by atoms with Gasteiger partial charge >= 0.3 is 6.18 Å². The van der Waals surface area contributed by atoms with Gasteiger partial charge in [-0.2, -0.15) is 13.2 Å². The van der Waals surface area contributed by atoms with E-state index in [1.807, 2.05) is 60.7 Å². The average molecular weight is 467 g/mol. The van der Waals surface area contributed by atoms with Crippen LogP contribution in [0.2, 0.25) is 0 Å². The lowest BCUT2D eigenvalue weighted by molar-refractivity contribution is -0.137. The van der Waals surface area contributed by atoms with E-state index < -0.39 is 11.7 Å². The largest absolute Gasteiger partial charge is 0.416 e. The molecule has 0 atom stereocenters. The fourth-order valence-corrected chi connectivity index (χ4v) is 4.52. The predicted molar refractivity (Wildman–Crippen MR) is 124 cm³/mol. The Kier molecular flexibility index (Phi) is 6.89. The summed E-state index contributed by atoms with van der Waals surface area (Å²) in [6.45, 7) is 0. The Morgan fingerprint density at radius 2 is 1.55 bits per heavy atom. The Hall–Kier alpha value is -3.45. The molecule has 3 aromatic carbocycles. The van der Waals surface area contributed by atoms with Crippen molar-refractivity contribution in [2.24, 2.45) is 0 Å². The maximum absolute atomic E-state index is 12.9. The van der Waals surface area contributed by atoms with Gasteiger partial charge in [0.25, 0.3) is 0 Å². The fourth-order valence-electron chi connectivity index (χ4n) is 3.66. The first-order valence-electron chi connectivity index (χ1n) is 10.4. The summed E-state index contributed by atoms with van der Waals surface area (Å²) in [4.78, 5) is 17.8. The molecule has 0 unspecified atom stereocenters. The number of hydrogen-bond acceptors (Lipinski definition) is 3. The van der Waals surface area contributed by atoms with Gasteiger partial charge in [0.1, 0.15) is 0 Å². The number of alkyl halides is 3. The van der Waals surface area contributed by atoms with Gasteiger partial charge in [-0.05, 0) is 22.8 Å². The molecule has 3 nitrogen and oxygen atoms in total. The van der Waals surface area contributed by atoms with Crippen LogP contribution in [0, 0.1) is 0 Å². The van der Waals surface area contributed by atoms with E-state index in [-0.39, 0.29) is 18.2 Å². The van der Waals surface area contributed by atoms with Crippen molar-refractivity contribution in [2.45, 2.75) is 24.9 Å². The number of nitrogens with one attached hydrogen (secondary N) is 1. The summed E-state index contributed by atoms with van der Waals surface area (Å²) in [5, 5.41) is 3.27. The number of hydrogen-bond donors (Lipinski definition) is 1. The van der Waals surface area contributed by atoms with Crippen LogP contribution < -0.4 is 5.32 Å². The third-order valence-electron chi connectivity index (χ3n) is 5.23. The Bertz CT molecular complexity index is 1170. The van der Waals surface area contributed by atoms with E-state index in [9.17, 15) is 18.0 Å². The molecule has 0 fully saturated rings. The van der Waals surface area contributed by atoms with Crippen LogP contribution in [0.4, 0.5) is 18.3 Å². The number of carbonyl (C=O) groups excluding carboxylic acids is 1. The number of rotatable bonds is 7. The molecule has 0 saturated carbocycles. The van der Waals surface area contributed by atoms with Crippen molar-refractivity contribution in [3.05, 3.63) is 118 Å². The third kappa shape index (κ3) is 6.08. The van der Waals surface area contributed by atoms with Crippen LogP contribution in [0.3, 0.4) is 0 Å². The Morgan fingerprint density at radius 3 is 2.15 bits per heavy atom. The van der Waals surface area contributed by atoms with Gasteiger partial charge in [-0.25, -0.2) is 4.98 Å². The minimum Gasteiger partial charge on any atom is -0.302 e. The molecule has 0 aliphatic heterocycles. The number of amides is 1. The fraction of sp³-hybridized carbons (Fsp3) is 0.154. The summed E-state index contributed by atoms with van der Waals surface area (Å²) < 4.78 is 38.8. The van der Waals surface area contributed by atoms with Crippen LogP contribution in [-0.4, -0.2) is 10.9 Å². The van der Waals surface area contributed by atoms with Gasteiger partial charge in [-0.3, -0.25) is 4.79 Å². The van der Waals surface area contributed by atoms with E-state index in [0.717, 1.165) is 28.1 Å². The maximum Gasteiger partial charge on any atom is 0.416 e. The van der Waals surface area contributed by atoms with Gasteiger partial charge in [-0.1, -0.05) is 78.9 Å². The number of benzene rings is 3. The minimum absolute atomic E-state index is 0.100. The van der Waals surface area contributed by atoms with E-state index in [2.05, 4.69) is 10.3 Å². The van der Waals surface area contributed by atoms with E-state index >= 15 is 0 Å². The molecule has 0 spiro atoms. The van der Waals surface area contributed by atoms with E-state index in [0.29, 0.717) is 17.1 Å². The van der Waals surface area contributed by atoms with Gasteiger partial charge in [0, 0.05) is 29.8 Å². The molecule has 0 aliphatic rings. The second-order valence-electron chi connectivity index (χ2n) is 7.63. The van der Waals surface area contributed by atoms with E-state index in [1.54, 1.807) is 12.3 Å². The number of thiazole rings is 1. The lowest BCUT2D eigenvalue weighted by Gasteiger charge is -2.17. The summed E-state index contributed by atoms with van der Waals surface area (Å²) in [6, 6.07) is 24.9. The Balaban J connectivity index is 1.44. The van der Waals surface area contributed by atoms with Gasteiger partial charge < -0.3 is 5.32 Å². The highest BCUT2D eigenvalue weighted by Gasteiger charge is 2.30. The first kappa shape index (κ1) is 22.7. The standard InChI is InChI=1S/C26H21F3N2OS/c27-26(28,29)21-13-7-8-18(14-21)15-22-17-30-25(33-22)31-24(32)16-23(19-9-3-1-4-10-19)20-11-5-2-6-12-20/h1-14,17,23H,15-16H2,(H,30,31,32). The lowest BCUT2D eigenvalue weighted by atomic mass is 9.88. The van der Waals surface area contributed by atoms with Crippen LogP contribution in [0.15, 0.2) is 91.1 Å². The zero-order valence-corrected chi connectivity index (χ0v) is 18.4. The highest BCUT2D eigenvalue weighted by atomic mass is 32.1. The van der Waals surface area contributed by atoms with E-state index in [1.165, 1.54) is 17.4 Å². The molecule has 33 heavy (non-hydrogen) atoms. The molecule has 7 heteroatoms. The maximum atomic E-state index is 12.9. The molecular formula is C26H21F3N2OS. The van der Waals surface area contributed by atoms with Crippen molar-refractivity contribution in [3.8, 4) is 0 Å². The molecular weight excluding hydrogens is 445 g/mol. The number of nitrogens with zero attached hydrogens (tertiary/aromatic N) is 1. The molecule has 0 bridgehead atoms. The SMILES string of the molecule is O=C(CC(c1ccccc1)c1ccccc1)Nc1ncc(Cc2cccc(C(F)(F)F)c2)s1. The van der Waals surface area contributed by atoms with Crippen LogP contribution in [0.5, 0.6) is 0 Å². The van der Waals surface area contributed by atoms with Crippen LogP contribution in [0.1, 0.15) is 39.5 Å². The first-order valence-corrected chi connectivity index (χ1v) is 11.2. The smallest absolute Gasteiger partial charge is 0.302 e. The van der Waals surface area contributed by atoms with Gasteiger partial charge in [-0.15, -0.1) is 11.3 Å². The predicted octanol–water partition coefficient (Wildman–Crippen LogP) is 6.91. The summed E-state index contributed by atoms with van der Waals surface area (Å²) in [5.74, 6) is -0.274. The van der Waals surface area contributed by atoms with Crippen molar-refractivity contribution >= 4 is 22.4 Å². The van der Waals surface area contributed by atoms with Gasteiger partial charge in [0.2, 0.25) is 5.91 Å². The highest BCUT2D eigenvalue weighted by Crippen LogP contribution is 2.31. The van der Waals surface area contributed by atoms with Crippen LogP contribution in [0.25, 0.3) is 0 Å². The second kappa shape index (κ2) is 10.0. The Labute approximate surface area is 193 Å². The summed E-state index contributed by atoms with van der Waals surface area (Å²) in [7, 11) is 0. The number of anilines is 1.